The molecule has 0 aliphatic heterocycles. The largest absolute Gasteiger partial charge is 0.369 e. The summed E-state index contributed by atoms with van der Waals surface area (Å²) in [6.07, 6.45) is 0.570. The van der Waals surface area contributed by atoms with Crippen molar-refractivity contribution in [1.29, 1.82) is 0 Å². The molecule has 0 aromatic heterocycles. The van der Waals surface area contributed by atoms with Crippen molar-refractivity contribution >= 4 is 34.8 Å². The van der Waals surface area contributed by atoms with Crippen LogP contribution in [-0.4, -0.2) is 18.6 Å². The number of amides is 1. The number of hydrogen-bond donors (Lipinski definition) is 1. The lowest BCUT2D eigenvalue weighted by atomic mass is 10.0. The highest BCUT2D eigenvalue weighted by Gasteiger charge is 2.31. The summed E-state index contributed by atoms with van der Waals surface area (Å²) in [7, 11) is 1.51. The zero-order chi connectivity index (χ0) is 13.1. The molecule has 17 heavy (non-hydrogen) atoms. The van der Waals surface area contributed by atoms with Crippen molar-refractivity contribution in [3.8, 4) is 0 Å². The summed E-state index contributed by atoms with van der Waals surface area (Å²) in [6, 6.07) is 4.91. The van der Waals surface area contributed by atoms with Gasteiger partial charge in [0.1, 0.15) is 5.60 Å². The Morgan fingerprint density at radius 2 is 2.12 bits per heavy atom. The lowest BCUT2D eigenvalue weighted by Gasteiger charge is -2.25. The van der Waals surface area contributed by atoms with E-state index in [-0.39, 0.29) is 5.91 Å². The molecule has 0 aliphatic carbocycles. The van der Waals surface area contributed by atoms with Gasteiger partial charge in [0.25, 0.3) is 5.91 Å². The molecule has 1 amide bonds. The first-order valence-corrected chi connectivity index (χ1v) is 6.00. The number of methoxy groups -OCH3 is 1. The summed E-state index contributed by atoms with van der Waals surface area (Å²) in [5.74, 6) is -0.230. The van der Waals surface area contributed by atoms with Crippen molar-refractivity contribution in [2.75, 3.05) is 12.4 Å². The molecule has 1 N–H and O–H groups in total. The molecule has 94 valence electrons. The number of benzene rings is 1. The van der Waals surface area contributed by atoms with Crippen LogP contribution in [0.4, 0.5) is 5.69 Å². The van der Waals surface area contributed by atoms with Crippen LogP contribution in [0, 0.1) is 0 Å². The number of rotatable bonds is 4. The van der Waals surface area contributed by atoms with Gasteiger partial charge in [0.05, 0.1) is 10.7 Å². The Balaban J connectivity index is 2.88. The zero-order valence-corrected chi connectivity index (χ0v) is 11.5. The molecule has 1 aromatic carbocycles. The molecular formula is C12H15Cl2NO2. The van der Waals surface area contributed by atoms with Gasteiger partial charge in [-0.25, -0.2) is 0 Å². The molecule has 0 fully saturated rings. The monoisotopic (exact) mass is 275 g/mol. The smallest absolute Gasteiger partial charge is 0.256 e. The Bertz CT molecular complexity index is 417. The summed E-state index contributed by atoms with van der Waals surface area (Å²) in [5, 5.41) is 3.65. The fourth-order valence-corrected chi connectivity index (χ4v) is 1.70. The summed E-state index contributed by atoms with van der Waals surface area (Å²) in [6.45, 7) is 3.61. The van der Waals surface area contributed by atoms with Crippen LogP contribution in [0.3, 0.4) is 0 Å². The van der Waals surface area contributed by atoms with Crippen LogP contribution in [0.15, 0.2) is 18.2 Å². The van der Waals surface area contributed by atoms with Crippen LogP contribution in [0.2, 0.25) is 10.0 Å². The van der Waals surface area contributed by atoms with E-state index in [0.717, 1.165) is 0 Å². The quantitative estimate of drug-likeness (QED) is 0.909. The van der Waals surface area contributed by atoms with E-state index in [9.17, 15) is 4.79 Å². The second-order valence-electron chi connectivity index (χ2n) is 3.87. The lowest BCUT2D eigenvalue weighted by Crippen LogP contribution is -2.41. The van der Waals surface area contributed by atoms with Crippen LogP contribution in [0.25, 0.3) is 0 Å². The number of anilines is 1. The van der Waals surface area contributed by atoms with Gasteiger partial charge in [-0.15, -0.1) is 0 Å². The van der Waals surface area contributed by atoms with Gasteiger partial charge in [-0.3, -0.25) is 4.79 Å². The van der Waals surface area contributed by atoms with Crippen molar-refractivity contribution in [2.45, 2.75) is 25.9 Å². The van der Waals surface area contributed by atoms with Crippen molar-refractivity contribution in [1.82, 2.24) is 0 Å². The minimum absolute atomic E-state index is 0.230. The maximum Gasteiger partial charge on any atom is 0.256 e. The first-order chi connectivity index (χ1) is 7.92. The summed E-state index contributed by atoms with van der Waals surface area (Å²) in [5.41, 5.74) is -0.332. The van der Waals surface area contributed by atoms with E-state index in [2.05, 4.69) is 5.32 Å². The van der Waals surface area contributed by atoms with Crippen molar-refractivity contribution in [3.05, 3.63) is 28.2 Å². The normalized spacial score (nSPS) is 14.2. The fraction of sp³-hybridized carbons (Fsp3) is 0.417. The standard InChI is InChI=1S/C12H15Cl2NO2/c1-4-12(2,17-3)11(16)15-10-6-5-8(13)7-9(10)14/h5-7H,4H2,1-3H3,(H,15,16). The van der Waals surface area contributed by atoms with E-state index in [1.165, 1.54) is 7.11 Å². The Morgan fingerprint density at radius 3 is 2.59 bits per heavy atom. The van der Waals surface area contributed by atoms with Crippen molar-refractivity contribution in [2.24, 2.45) is 0 Å². The number of nitrogens with one attached hydrogen (secondary N) is 1. The highest BCUT2D eigenvalue weighted by molar-refractivity contribution is 6.36. The highest BCUT2D eigenvalue weighted by Crippen LogP contribution is 2.27. The van der Waals surface area contributed by atoms with Crippen LogP contribution < -0.4 is 5.32 Å². The van der Waals surface area contributed by atoms with Gasteiger partial charge in [-0.05, 0) is 31.5 Å². The topological polar surface area (TPSA) is 38.3 Å². The average Bonchev–Trinajstić information content (AvgIpc) is 2.31. The van der Waals surface area contributed by atoms with E-state index in [1.807, 2.05) is 6.92 Å². The molecular weight excluding hydrogens is 261 g/mol. The molecule has 1 unspecified atom stereocenters. The number of carbonyl (C=O) groups is 1. The fourth-order valence-electron chi connectivity index (χ4n) is 1.24. The lowest BCUT2D eigenvalue weighted by molar-refractivity contribution is -0.136. The predicted molar refractivity (Wildman–Crippen MR) is 70.8 cm³/mol. The van der Waals surface area contributed by atoms with Crippen molar-refractivity contribution in [3.63, 3.8) is 0 Å². The molecule has 1 atom stereocenters. The molecule has 0 saturated carbocycles. The van der Waals surface area contributed by atoms with E-state index in [4.69, 9.17) is 27.9 Å². The number of carbonyl (C=O) groups excluding carboxylic acids is 1. The molecule has 0 bridgehead atoms. The van der Waals surface area contributed by atoms with Crippen LogP contribution in [-0.2, 0) is 9.53 Å². The van der Waals surface area contributed by atoms with Gasteiger partial charge in [0.2, 0.25) is 0 Å². The van der Waals surface area contributed by atoms with Crippen LogP contribution in [0.5, 0.6) is 0 Å². The summed E-state index contributed by atoms with van der Waals surface area (Å²) < 4.78 is 5.20. The van der Waals surface area contributed by atoms with Crippen molar-refractivity contribution < 1.29 is 9.53 Å². The Hall–Kier alpha value is -0.770. The summed E-state index contributed by atoms with van der Waals surface area (Å²) >= 11 is 11.7. The molecule has 5 heteroatoms. The molecule has 0 spiro atoms. The van der Waals surface area contributed by atoms with Gasteiger partial charge in [-0.1, -0.05) is 30.1 Å². The van der Waals surface area contributed by atoms with Gasteiger partial charge >= 0.3 is 0 Å². The van der Waals surface area contributed by atoms with Gasteiger partial charge in [0.15, 0.2) is 0 Å². The van der Waals surface area contributed by atoms with Crippen LogP contribution >= 0.6 is 23.2 Å². The molecule has 1 rings (SSSR count). The molecule has 0 radical (unpaired) electrons. The second-order valence-corrected chi connectivity index (χ2v) is 4.71. The van der Waals surface area contributed by atoms with E-state index in [1.54, 1.807) is 25.1 Å². The number of halogens is 2. The second kappa shape index (κ2) is 5.71. The van der Waals surface area contributed by atoms with E-state index >= 15 is 0 Å². The minimum atomic E-state index is -0.858. The molecule has 0 saturated heterocycles. The Morgan fingerprint density at radius 1 is 1.47 bits per heavy atom. The number of ether oxygens (including phenoxy) is 1. The maximum atomic E-state index is 12.0. The maximum absolute atomic E-state index is 12.0. The molecule has 3 nitrogen and oxygen atoms in total. The van der Waals surface area contributed by atoms with E-state index < -0.39 is 5.60 Å². The van der Waals surface area contributed by atoms with Gasteiger partial charge in [0, 0.05) is 12.1 Å². The first-order valence-electron chi connectivity index (χ1n) is 5.24. The Kier molecular flexibility index (Phi) is 4.80. The SMILES string of the molecule is CCC(C)(OC)C(=O)Nc1ccc(Cl)cc1Cl. The average molecular weight is 276 g/mol. The predicted octanol–water partition coefficient (Wildman–Crippen LogP) is 3.75. The zero-order valence-electron chi connectivity index (χ0n) is 10.0. The molecule has 0 aliphatic rings. The minimum Gasteiger partial charge on any atom is -0.369 e. The Labute approximate surface area is 111 Å². The van der Waals surface area contributed by atoms with Gasteiger partial charge in [-0.2, -0.15) is 0 Å². The van der Waals surface area contributed by atoms with Crippen LogP contribution in [0.1, 0.15) is 20.3 Å². The van der Waals surface area contributed by atoms with E-state index in [0.29, 0.717) is 22.2 Å². The summed E-state index contributed by atoms with van der Waals surface area (Å²) in [4.78, 5) is 12.0. The third kappa shape index (κ3) is 3.35. The third-order valence-corrected chi connectivity index (χ3v) is 3.33. The molecule has 1 aromatic rings. The number of hydrogen-bond acceptors (Lipinski definition) is 2. The van der Waals surface area contributed by atoms with Gasteiger partial charge < -0.3 is 10.1 Å². The molecule has 0 heterocycles. The third-order valence-electron chi connectivity index (χ3n) is 2.78. The first kappa shape index (κ1) is 14.3. The highest BCUT2D eigenvalue weighted by atomic mass is 35.5.